The minimum Gasteiger partial charge on any atom is -0.472 e. The number of furan rings is 1. The molecule has 0 amide bonds. The average Bonchev–Trinajstić information content (AvgIpc) is 2.76. The standard InChI is InChI=1S/C9H5Br2ClOS/c10-6-3-7(14-9(6)11)8(12)5-1-2-13-4-5/h1-4,8H. The first-order chi connectivity index (χ1) is 6.68. The van der Waals surface area contributed by atoms with Gasteiger partial charge in [-0.1, -0.05) is 0 Å². The Morgan fingerprint density at radius 1 is 1.43 bits per heavy atom. The summed E-state index contributed by atoms with van der Waals surface area (Å²) in [6, 6.07) is 3.89. The molecular weight excluding hydrogens is 351 g/mol. The van der Waals surface area contributed by atoms with Gasteiger partial charge in [0.2, 0.25) is 0 Å². The molecule has 14 heavy (non-hydrogen) atoms. The molecule has 0 saturated carbocycles. The van der Waals surface area contributed by atoms with Crippen molar-refractivity contribution in [3.05, 3.63) is 43.4 Å². The van der Waals surface area contributed by atoms with Crippen molar-refractivity contribution >= 4 is 54.8 Å². The minimum absolute atomic E-state index is 0.138. The molecule has 1 atom stereocenters. The Balaban J connectivity index is 2.32. The molecule has 5 heteroatoms. The van der Waals surface area contributed by atoms with Crippen LogP contribution in [0.3, 0.4) is 0 Å². The van der Waals surface area contributed by atoms with Crippen LogP contribution >= 0.6 is 54.8 Å². The van der Waals surface area contributed by atoms with E-state index in [1.807, 2.05) is 12.1 Å². The lowest BCUT2D eigenvalue weighted by Crippen LogP contribution is -1.85. The lowest BCUT2D eigenvalue weighted by Gasteiger charge is -2.01. The molecule has 1 unspecified atom stereocenters. The third-order valence-electron chi connectivity index (χ3n) is 1.75. The summed E-state index contributed by atoms with van der Waals surface area (Å²) in [6.45, 7) is 0. The first-order valence-corrected chi connectivity index (χ1v) is 6.63. The fraction of sp³-hybridized carbons (Fsp3) is 0.111. The SMILES string of the molecule is ClC(c1ccoc1)c1cc(Br)c(Br)s1. The zero-order valence-electron chi connectivity index (χ0n) is 6.84. The zero-order valence-corrected chi connectivity index (χ0v) is 11.6. The van der Waals surface area contributed by atoms with Crippen molar-refractivity contribution in [3.63, 3.8) is 0 Å². The third-order valence-corrected chi connectivity index (χ3v) is 5.69. The number of rotatable bonds is 2. The van der Waals surface area contributed by atoms with E-state index in [4.69, 9.17) is 16.0 Å². The first kappa shape index (κ1) is 10.7. The molecule has 2 rings (SSSR count). The predicted octanol–water partition coefficient (Wildman–Crippen LogP) is 5.19. The van der Waals surface area contributed by atoms with E-state index in [0.717, 1.165) is 18.7 Å². The van der Waals surface area contributed by atoms with E-state index >= 15 is 0 Å². The van der Waals surface area contributed by atoms with Crippen LogP contribution in [0, 0.1) is 0 Å². The second kappa shape index (κ2) is 4.39. The van der Waals surface area contributed by atoms with Crippen molar-refractivity contribution in [3.8, 4) is 0 Å². The molecule has 0 aliphatic rings. The maximum Gasteiger partial charge on any atom is 0.0959 e. The highest BCUT2D eigenvalue weighted by molar-refractivity contribution is 9.13. The Kier molecular flexibility index (Phi) is 3.37. The van der Waals surface area contributed by atoms with Crippen LogP contribution in [0.5, 0.6) is 0 Å². The highest BCUT2D eigenvalue weighted by atomic mass is 79.9. The Labute approximate surface area is 107 Å². The summed E-state index contributed by atoms with van der Waals surface area (Å²) in [5.41, 5.74) is 0.980. The number of hydrogen-bond acceptors (Lipinski definition) is 2. The van der Waals surface area contributed by atoms with Gasteiger partial charge in [0.05, 0.1) is 21.7 Å². The smallest absolute Gasteiger partial charge is 0.0959 e. The van der Waals surface area contributed by atoms with Gasteiger partial charge >= 0.3 is 0 Å². The van der Waals surface area contributed by atoms with Crippen molar-refractivity contribution in [1.29, 1.82) is 0 Å². The van der Waals surface area contributed by atoms with E-state index < -0.39 is 0 Å². The molecule has 0 saturated heterocycles. The number of hydrogen-bond donors (Lipinski definition) is 0. The lowest BCUT2D eigenvalue weighted by atomic mass is 10.2. The summed E-state index contributed by atoms with van der Waals surface area (Å²) in [5, 5.41) is -0.138. The molecule has 0 N–H and O–H groups in total. The average molecular weight is 356 g/mol. The van der Waals surface area contributed by atoms with Crippen LogP contribution in [0.2, 0.25) is 0 Å². The Morgan fingerprint density at radius 3 is 2.71 bits per heavy atom. The summed E-state index contributed by atoms with van der Waals surface area (Å²) in [4.78, 5) is 1.09. The van der Waals surface area contributed by atoms with Gasteiger partial charge in [0.25, 0.3) is 0 Å². The van der Waals surface area contributed by atoms with Crippen molar-refractivity contribution in [2.75, 3.05) is 0 Å². The molecule has 74 valence electrons. The molecule has 2 heterocycles. The van der Waals surface area contributed by atoms with E-state index in [0.29, 0.717) is 0 Å². The van der Waals surface area contributed by atoms with Gasteiger partial charge in [-0.3, -0.25) is 0 Å². The molecule has 2 aromatic rings. The normalized spacial score (nSPS) is 13.1. The fourth-order valence-electron chi connectivity index (χ4n) is 1.07. The van der Waals surface area contributed by atoms with Crippen molar-refractivity contribution in [1.82, 2.24) is 0 Å². The quantitative estimate of drug-likeness (QED) is 0.675. The van der Waals surface area contributed by atoms with Crippen LogP contribution in [0.4, 0.5) is 0 Å². The molecule has 0 spiro atoms. The highest BCUT2D eigenvalue weighted by Crippen LogP contribution is 2.40. The van der Waals surface area contributed by atoms with Gasteiger partial charge in [0, 0.05) is 14.9 Å². The third kappa shape index (κ3) is 2.08. The molecule has 0 aliphatic carbocycles. The van der Waals surface area contributed by atoms with Gasteiger partial charge in [-0.25, -0.2) is 0 Å². The van der Waals surface area contributed by atoms with Gasteiger partial charge in [-0.15, -0.1) is 22.9 Å². The maximum absolute atomic E-state index is 6.27. The lowest BCUT2D eigenvalue weighted by molar-refractivity contribution is 0.564. The molecule has 0 aliphatic heterocycles. The van der Waals surface area contributed by atoms with E-state index in [2.05, 4.69) is 31.9 Å². The molecule has 1 nitrogen and oxygen atoms in total. The number of alkyl halides is 1. The van der Waals surface area contributed by atoms with Crippen LogP contribution in [0.1, 0.15) is 15.8 Å². The van der Waals surface area contributed by atoms with E-state index in [9.17, 15) is 0 Å². The summed E-state index contributed by atoms with van der Waals surface area (Å²) in [7, 11) is 0. The Hall–Kier alpha value is 0.230. The van der Waals surface area contributed by atoms with Crippen molar-refractivity contribution in [2.45, 2.75) is 5.38 Å². The van der Waals surface area contributed by atoms with Crippen molar-refractivity contribution in [2.24, 2.45) is 0 Å². The minimum atomic E-state index is -0.138. The zero-order chi connectivity index (χ0) is 10.1. The monoisotopic (exact) mass is 354 g/mol. The van der Waals surface area contributed by atoms with Crippen LogP contribution in [0.15, 0.2) is 37.3 Å². The van der Waals surface area contributed by atoms with Gasteiger partial charge in [0.1, 0.15) is 0 Å². The van der Waals surface area contributed by atoms with E-state index in [-0.39, 0.29) is 5.38 Å². The van der Waals surface area contributed by atoms with Gasteiger partial charge < -0.3 is 4.42 Å². The van der Waals surface area contributed by atoms with Gasteiger partial charge in [0.15, 0.2) is 0 Å². The number of thiophene rings is 1. The second-order valence-corrected chi connectivity index (χ2v) is 6.38. The second-order valence-electron chi connectivity index (χ2n) is 2.69. The van der Waals surface area contributed by atoms with Crippen LogP contribution in [0.25, 0.3) is 0 Å². The molecule has 0 radical (unpaired) electrons. The molecule has 2 aromatic heterocycles. The molecule has 0 fully saturated rings. The summed E-state index contributed by atoms with van der Waals surface area (Å²) < 4.78 is 7.08. The fourth-order valence-corrected chi connectivity index (χ4v) is 3.49. The van der Waals surface area contributed by atoms with Gasteiger partial charge in [-0.2, -0.15) is 0 Å². The van der Waals surface area contributed by atoms with Crippen LogP contribution < -0.4 is 0 Å². The highest BCUT2D eigenvalue weighted by Gasteiger charge is 2.15. The summed E-state index contributed by atoms with van der Waals surface area (Å²) >= 11 is 14.8. The first-order valence-electron chi connectivity index (χ1n) is 3.79. The predicted molar refractivity (Wildman–Crippen MR) is 66.1 cm³/mol. The van der Waals surface area contributed by atoms with E-state index in [1.54, 1.807) is 23.9 Å². The molecular formula is C9H5Br2ClOS. The van der Waals surface area contributed by atoms with Crippen LogP contribution in [-0.2, 0) is 0 Å². The van der Waals surface area contributed by atoms with Crippen LogP contribution in [-0.4, -0.2) is 0 Å². The van der Waals surface area contributed by atoms with E-state index in [1.165, 1.54) is 0 Å². The Morgan fingerprint density at radius 2 is 2.21 bits per heavy atom. The topological polar surface area (TPSA) is 13.1 Å². The maximum atomic E-state index is 6.27. The van der Waals surface area contributed by atoms with Crippen molar-refractivity contribution < 1.29 is 4.42 Å². The summed E-state index contributed by atoms with van der Waals surface area (Å²) in [5.74, 6) is 0. The molecule has 0 aromatic carbocycles. The largest absolute Gasteiger partial charge is 0.472 e. The van der Waals surface area contributed by atoms with Gasteiger partial charge in [-0.05, 0) is 44.0 Å². The Bertz CT molecular complexity index is 404. The molecule has 0 bridgehead atoms. The number of halogens is 3. The summed E-state index contributed by atoms with van der Waals surface area (Å²) in [6.07, 6.45) is 3.29.